The van der Waals surface area contributed by atoms with Crippen LogP contribution < -0.4 is 5.32 Å². The highest BCUT2D eigenvalue weighted by molar-refractivity contribution is 5.04. The number of nitrogens with one attached hydrogen (secondary N) is 1. The zero-order valence-corrected chi connectivity index (χ0v) is 10.8. The average molecular weight is 237 g/mol. The third-order valence-corrected chi connectivity index (χ3v) is 3.57. The van der Waals surface area contributed by atoms with E-state index >= 15 is 0 Å². The van der Waals surface area contributed by atoms with Crippen molar-refractivity contribution in [3.8, 4) is 0 Å². The Hall–Kier alpha value is -0.870. The summed E-state index contributed by atoms with van der Waals surface area (Å²) in [6.45, 7) is 6.11. The maximum atomic E-state index is 9.78. The summed E-state index contributed by atoms with van der Waals surface area (Å²) in [7, 11) is 0. The van der Waals surface area contributed by atoms with Crippen molar-refractivity contribution in [3.05, 3.63) is 18.0 Å². The number of hydrogen-bond acceptors (Lipinski definition) is 3. The number of rotatable bonds is 7. The summed E-state index contributed by atoms with van der Waals surface area (Å²) < 4.78 is 1.95. The summed E-state index contributed by atoms with van der Waals surface area (Å²) >= 11 is 0. The van der Waals surface area contributed by atoms with Crippen LogP contribution in [0.25, 0.3) is 0 Å². The molecule has 2 rings (SSSR count). The molecule has 96 valence electrons. The van der Waals surface area contributed by atoms with Gasteiger partial charge in [0, 0.05) is 6.20 Å². The van der Waals surface area contributed by atoms with Gasteiger partial charge in [-0.15, -0.1) is 0 Å². The minimum absolute atomic E-state index is 0.172. The normalized spacial score (nSPS) is 19.2. The van der Waals surface area contributed by atoms with E-state index in [0.717, 1.165) is 19.5 Å². The Morgan fingerprint density at radius 2 is 2.35 bits per heavy atom. The molecular weight excluding hydrogens is 214 g/mol. The van der Waals surface area contributed by atoms with Crippen molar-refractivity contribution < 1.29 is 5.11 Å². The SMILES string of the molecule is CCCNC(CO)(Cn1cc(C)cn1)C1CC1. The largest absolute Gasteiger partial charge is 0.394 e. The van der Waals surface area contributed by atoms with Crippen LogP contribution in [0, 0.1) is 12.8 Å². The molecule has 17 heavy (non-hydrogen) atoms. The molecule has 1 fully saturated rings. The minimum Gasteiger partial charge on any atom is -0.394 e. The third kappa shape index (κ3) is 2.87. The molecule has 1 unspecified atom stereocenters. The highest BCUT2D eigenvalue weighted by Crippen LogP contribution is 2.40. The van der Waals surface area contributed by atoms with Gasteiger partial charge in [-0.3, -0.25) is 4.68 Å². The van der Waals surface area contributed by atoms with Crippen molar-refractivity contribution in [2.75, 3.05) is 13.2 Å². The Morgan fingerprint density at radius 1 is 1.59 bits per heavy atom. The lowest BCUT2D eigenvalue weighted by atomic mass is 9.94. The van der Waals surface area contributed by atoms with Crippen LogP contribution in [0.3, 0.4) is 0 Å². The first-order valence-electron chi connectivity index (χ1n) is 6.55. The van der Waals surface area contributed by atoms with Crippen molar-refractivity contribution in [2.24, 2.45) is 5.92 Å². The van der Waals surface area contributed by atoms with Crippen LogP contribution in [0.4, 0.5) is 0 Å². The monoisotopic (exact) mass is 237 g/mol. The van der Waals surface area contributed by atoms with Gasteiger partial charge in [-0.1, -0.05) is 6.92 Å². The van der Waals surface area contributed by atoms with Crippen molar-refractivity contribution >= 4 is 0 Å². The highest BCUT2D eigenvalue weighted by atomic mass is 16.3. The van der Waals surface area contributed by atoms with Gasteiger partial charge >= 0.3 is 0 Å². The van der Waals surface area contributed by atoms with Gasteiger partial charge < -0.3 is 10.4 Å². The smallest absolute Gasteiger partial charge is 0.0641 e. The Bertz CT molecular complexity index is 359. The molecule has 0 aliphatic heterocycles. The van der Waals surface area contributed by atoms with Crippen LogP contribution >= 0.6 is 0 Å². The summed E-state index contributed by atoms with van der Waals surface area (Å²) in [6.07, 6.45) is 7.44. The molecule has 0 aromatic carbocycles. The van der Waals surface area contributed by atoms with E-state index in [2.05, 4.69) is 17.3 Å². The molecule has 1 saturated carbocycles. The van der Waals surface area contributed by atoms with Crippen molar-refractivity contribution in [2.45, 2.75) is 45.2 Å². The quantitative estimate of drug-likeness (QED) is 0.752. The Balaban J connectivity index is 2.08. The highest BCUT2D eigenvalue weighted by Gasteiger charge is 2.44. The molecule has 0 saturated heterocycles. The molecule has 1 aliphatic carbocycles. The van der Waals surface area contributed by atoms with Crippen LogP contribution in [0.2, 0.25) is 0 Å². The van der Waals surface area contributed by atoms with E-state index in [1.165, 1.54) is 18.4 Å². The molecule has 4 heteroatoms. The first-order valence-corrected chi connectivity index (χ1v) is 6.55. The molecule has 0 radical (unpaired) electrons. The standard InChI is InChI=1S/C13H23N3O/c1-3-6-14-13(10-17,12-4-5-12)9-16-8-11(2)7-15-16/h7-8,12,14,17H,3-6,9-10H2,1-2H3. The molecule has 1 atom stereocenters. The minimum atomic E-state index is -0.172. The maximum absolute atomic E-state index is 9.78. The van der Waals surface area contributed by atoms with E-state index in [-0.39, 0.29) is 12.1 Å². The summed E-state index contributed by atoms with van der Waals surface area (Å²) in [5, 5.41) is 17.7. The van der Waals surface area contributed by atoms with Crippen LogP contribution in [0.15, 0.2) is 12.4 Å². The fourth-order valence-electron chi connectivity index (χ4n) is 2.42. The molecule has 0 bridgehead atoms. The molecule has 4 nitrogen and oxygen atoms in total. The molecular formula is C13H23N3O. The number of nitrogens with zero attached hydrogens (tertiary/aromatic N) is 2. The molecule has 0 amide bonds. The second kappa shape index (κ2) is 5.19. The Labute approximate surface area is 103 Å². The molecule has 2 N–H and O–H groups in total. The van der Waals surface area contributed by atoms with E-state index < -0.39 is 0 Å². The predicted octanol–water partition coefficient (Wildman–Crippen LogP) is 1.33. The number of aliphatic hydroxyl groups is 1. The van der Waals surface area contributed by atoms with E-state index in [0.29, 0.717) is 5.92 Å². The Kier molecular flexibility index (Phi) is 3.84. The van der Waals surface area contributed by atoms with Gasteiger partial charge in [-0.25, -0.2) is 0 Å². The molecule has 0 spiro atoms. The summed E-state index contributed by atoms with van der Waals surface area (Å²) in [6, 6.07) is 0. The lowest BCUT2D eigenvalue weighted by molar-refractivity contribution is 0.118. The van der Waals surface area contributed by atoms with E-state index in [1.807, 2.05) is 24.0 Å². The topological polar surface area (TPSA) is 50.1 Å². The van der Waals surface area contributed by atoms with Gasteiger partial charge in [0.2, 0.25) is 0 Å². The summed E-state index contributed by atoms with van der Waals surface area (Å²) in [4.78, 5) is 0. The zero-order valence-electron chi connectivity index (χ0n) is 10.8. The van der Waals surface area contributed by atoms with Gasteiger partial charge in [-0.05, 0) is 44.2 Å². The lowest BCUT2D eigenvalue weighted by Crippen LogP contribution is -2.54. The predicted molar refractivity (Wildman–Crippen MR) is 67.8 cm³/mol. The van der Waals surface area contributed by atoms with E-state index in [9.17, 15) is 5.11 Å². The first-order chi connectivity index (χ1) is 8.20. The van der Waals surface area contributed by atoms with Gasteiger partial charge in [0.1, 0.15) is 0 Å². The number of aliphatic hydroxyl groups excluding tert-OH is 1. The Morgan fingerprint density at radius 3 is 2.82 bits per heavy atom. The van der Waals surface area contributed by atoms with Gasteiger partial charge in [-0.2, -0.15) is 5.10 Å². The third-order valence-electron chi connectivity index (χ3n) is 3.57. The van der Waals surface area contributed by atoms with E-state index in [1.54, 1.807) is 0 Å². The van der Waals surface area contributed by atoms with Crippen molar-refractivity contribution in [1.29, 1.82) is 0 Å². The number of aryl methyl sites for hydroxylation is 1. The van der Waals surface area contributed by atoms with Crippen LogP contribution in [-0.2, 0) is 6.54 Å². The molecule has 1 heterocycles. The van der Waals surface area contributed by atoms with Crippen LogP contribution in [-0.4, -0.2) is 33.6 Å². The van der Waals surface area contributed by atoms with Crippen LogP contribution in [0.5, 0.6) is 0 Å². The van der Waals surface area contributed by atoms with Crippen molar-refractivity contribution in [3.63, 3.8) is 0 Å². The van der Waals surface area contributed by atoms with E-state index in [4.69, 9.17) is 0 Å². The van der Waals surface area contributed by atoms with Crippen LogP contribution in [0.1, 0.15) is 31.7 Å². The molecule has 1 aromatic rings. The van der Waals surface area contributed by atoms with Gasteiger partial charge in [0.05, 0.1) is 24.9 Å². The second-order valence-electron chi connectivity index (χ2n) is 5.23. The summed E-state index contributed by atoms with van der Waals surface area (Å²) in [5.74, 6) is 0.601. The van der Waals surface area contributed by atoms with Gasteiger partial charge in [0.25, 0.3) is 0 Å². The van der Waals surface area contributed by atoms with Gasteiger partial charge in [0.15, 0.2) is 0 Å². The first kappa shape index (κ1) is 12.6. The average Bonchev–Trinajstić information content (AvgIpc) is 3.10. The molecule has 1 aliphatic rings. The number of hydrogen-bond donors (Lipinski definition) is 2. The molecule has 1 aromatic heterocycles. The summed E-state index contributed by atoms with van der Waals surface area (Å²) in [5.41, 5.74) is 0.997. The lowest BCUT2D eigenvalue weighted by Gasteiger charge is -2.33. The maximum Gasteiger partial charge on any atom is 0.0641 e. The second-order valence-corrected chi connectivity index (χ2v) is 5.23. The van der Waals surface area contributed by atoms with Crippen molar-refractivity contribution in [1.82, 2.24) is 15.1 Å². The number of aromatic nitrogens is 2. The fourth-order valence-corrected chi connectivity index (χ4v) is 2.42. The zero-order chi connectivity index (χ0) is 12.3. The fraction of sp³-hybridized carbons (Fsp3) is 0.769.